The summed E-state index contributed by atoms with van der Waals surface area (Å²) < 4.78 is 0. The molecule has 3 aliphatic rings. The molecule has 2 N–H and O–H groups in total. The van der Waals surface area contributed by atoms with Gasteiger partial charge < -0.3 is 10.6 Å². The van der Waals surface area contributed by atoms with Crippen LogP contribution >= 0.6 is 0 Å². The van der Waals surface area contributed by atoms with E-state index in [1.807, 2.05) is 0 Å². The van der Waals surface area contributed by atoms with Crippen molar-refractivity contribution >= 4 is 5.91 Å². The van der Waals surface area contributed by atoms with Crippen molar-refractivity contribution in [2.24, 2.45) is 17.3 Å². The molecular formula is C14H24N2O. The molecule has 0 atom stereocenters. The molecule has 0 radical (unpaired) electrons. The minimum Gasteiger partial charge on any atom is -0.352 e. The molecule has 96 valence electrons. The lowest BCUT2D eigenvalue weighted by Gasteiger charge is -2.34. The number of hydrogen-bond donors (Lipinski definition) is 2. The Labute approximate surface area is 104 Å². The zero-order valence-electron chi connectivity index (χ0n) is 10.8. The molecule has 1 aliphatic heterocycles. The number of piperidine rings is 1. The highest BCUT2D eigenvalue weighted by atomic mass is 16.2. The quantitative estimate of drug-likeness (QED) is 0.780. The first-order chi connectivity index (χ1) is 8.19. The normalized spacial score (nSPS) is 28.1. The van der Waals surface area contributed by atoms with Gasteiger partial charge in [0.15, 0.2) is 0 Å². The van der Waals surface area contributed by atoms with Crippen molar-refractivity contribution < 1.29 is 4.79 Å². The molecule has 0 spiro atoms. The summed E-state index contributed by atoms with van der Waals surface area (Å²) >= 11 is 0. The van der Waals surface area contributed by atoms with E-state index in [1.54, 1.807) is 0 Å². The zero-order chi connectivity index (χ0) is 11.9. The van der Waals surface area contributed by atoms with E-state index < -0.39 is 0 Å². The third-order valence-corrected chi connectivity index (χ3v) is 4.81. The van der Waals surface area contributed by atoms with Gasteiger partial charge in [-0.25, -0.2) is 0 Å². The van der Waals surface area contributed by atoms with Crippen LogP contribution < -0.4 is 10.6 Å². The number of carbonyl (C=O) groups is 1. The van der Waals surface area contributed by atoms with Gasteiger partial charge in [-0.1, -0.05) is 6.92 Å². The van der Waals surface area contributed by atoms with Crippen molar-refractivity contribution in [1.82, 2.24) is 10.6 Å². The summed E-state index contributed by atoms with van der Waals surface area (Å²) in [6.07, 6.45) is 7.31. The molecule has 0 aromatic heterocycles. The Morgan fingerprint density at radius 3 is 2.18 bits per heavy atom. The topological polar surface area (TPSA) is 41.1 Å². The second kappa shape index (κ2) is 4.27. The highest BCUT2D eigenvalue weighted by Crippen LogP contribution is 2.45. The maximum absolute atomic E-state index is 12.5. The standard InChI is InChI=1S/C14H24N2O/c1-14(6-8-15-9-7-14)13(17)16-12(10-2-3-10)11-4-5-11/h10-12,15H,2-9H2,1H3,(H,16,17). The Kier molecular flexibility index (Phi) is 2.89. The molecule has 3 heteroatoms. The van der Waals surface area contributed by atoms with Gasteiger partial charge in [0, 0.05) is 11.5 Å². The van der Waals surface area contributed by atoms with Crippen LogP contribution in [-0.2, 0) is 4.79 Å². The fourth-order valence-corrected chi connectivity index (χ4v) is 3.06. The number of hydrogen-bond acceptors (Lipinski definition) is 2. The average molecular weight is 236 g/mol. The smallest absolute Gasteiger partial charge is 0.226 e. The highest BCUT2D eigenvalue weighted by molar-refractivity contribution is 5.82. The second-order valence-corrected chi connectivity index (χ2v) is 6.48. The molecule has 3 fully saturated rings. The van der Waals surface area contributed by atoms with Crippen LogP contribution in [-0.4, -0.2) is 25.0 Å². The Morgan fingerprint density at radius 2 is 1.71 bits per heavy atom. The molecular weight excluding hydrogens is 212 g/mol. The van der Waals surface area contributed by atoms with E-state index in [0.717, 1.165) is 37.8 Å². The molecule has 3 nitrogen and oxygen atoms in total. The van der Waals surface area contributed by atoms with E-state index >= 15 is 0 Å². The van der Waals surface area contributed by atoms with Crippen molar-refractivity contribution in [1.29, 1.82) is 0 Å². The van der Waals surface area contributed by atoms with Gasteiger partial charge in [0.25, 0.3) is 0 Å². The predicted octanol–water partition coefficient (Wildman–Crippen LogP) is 1.68. The molecule has 3 rings (SSSR count). The van der Waals surface area contributed by atoms with Crippen molar-refractivity contribution in [3.05, 3.63) is 0 Å². The maximum Gasteiger partial charge on any atom is 0.226 e. The van der Waals surface area contributed by atoms with Gasteiger partial charge in [0.05, 0.1) is 0 Å². The molecule has 0 aromatic rings. The fraction of sp³-hybridized carbons (Fsp3) is 0.929. The Morgan fingerprint density at radius 1 is 1.18 bits per heavy atom. The van der Waals surface area contributed by atoms with E-state index in [-0.39, 0.29) is 5.41 Å². The van der Waals surface area contributed by atoms with E-state index in [9.17, 15) is 4.79 Å². The van der Waals surface area contributed by atoms with Crippen LogP contribution in [0.3, 0.4) is 0 Å². The molecule has 0 aromatic carbocycles. The van der Waals surface area contributed by atoms with Crippen LogP contribution in [0.4, 0.5) is 0 Å². The van der Waals surface area contributed by atoms with Gasteiger partial charge >= 0.3 is 0 Å². The van der Waals surface area contributed by atoms with Crippen LogP contribution in [0.15, 0.2) is 0 Å². The summed E-state index contributed by atoms with van der Waals surface area (Å²) in [7, 11) is 0. The third kappa shape index (κ3) is 2.49. The minimum atomic E-state index is -0.118. The summed E-state index contributed by atoms with van der Waals surface area (Å²) in [6, 6.07) is 0.509. The summed E-state index contributed by atoms with van der Waals surface area (Å²) in [5, 5.41) is 6.72. The highest BCUT2D eigenvalue weighted by Gasteiger charge is 2.44. The zero-order valence-corrected chi connectivity index (χ0v) is 10.8. The Balaban J connectivity index is 1.60. The lowest BCUT2D eigenvalue weighted by molar-refractivity contribution is -0.132. The first-order valence-corrected chi connectivity index (χ1v) is 7.21. The number of carbonyl (C=O) groups excluding carboxylic acids is 1. The van der Waals surface area contributed by atoms with E-state index in [4.69, 9.17) is 0 Å². The SMILES string of the molecule is CC1(C(=O)NC(C2CC2)C2CC2)CCNCC1. The van der Waals surface area contributed by atoms with Crippen LogP contribution in [0.25, 0.3) is 0 Å². The maximum atomic E-state index is 12.5. The molecule has 1 heterocycles. The van der Waals surface area contributed by atoms with Crippen LogP contribution in [0, 0.1) is 17.3 Å². The van der Waals surface area contributed by atoms with Gasteiger partial charge in [-0.05, 0) is 63.5 Å². The molecule has 1 amide bonds. The molecule has 17 heavy (non-hydrogen) atoms. The Bertz CT molecular complexity index is 289. The van der Waals surface area contributed by atoms with Gasteiger partial charge in [0.1, 0.15) is 0 Å². The molecule has 0 unspecified atom stereocenters. The van der Waals surface area contributed by atoms with Crippen LogP contribution in [0.2, 0.25) is 0 Å². The van der Waals surface area contributed by atoms with Crippen LogP contribution in [0.5, 0.6) is 0 Å². The Hall–Kier alpha value is -0.570. The molecule has 2 saturated carbocycles. The van der Waals surface area contributed by atoms with Gasteiger partial charge in [-0.2, -0.15) is 0 Å². The van der Waals surface area contributed by atoms with E-state index in [0.29, 0.717) is 11.9 Å². The first-order valence-electron chi connectivity index (χ1n) is 7.21. The first kappa shape index (κ1) is 11.5. The van der Waals surface area contributed by atoms with Crippen molar-refractivity contribution in [3.8, 4) is 0 Å². The lowest BCUT2D eigenvalue weighted by atomic mass is 9.80. The summed E-state index contributed by atoms with van der Waals surface area (Å²) in [5.74, 6) is 1.93. The van der Waals surface area contributed by atoms with Gasteiger partial charge in [-0.3, -0.25) is 4.79 Å². The number of nitrogens with one attached hydrogen (secondary N) is 2. The van der Waals surface area contributed by atoms with Crippen molar-refractivity contribution in [3.63, 3.8) is 0 Å². The second-order valence-electron chi connectivity index (χ2n) is 6.48. The minimum absolute atomic E-state index is 0.118. The van der Waals surface area contributed by atoms with Gasteiger partial charge in [0.2, 0.25) is 5.91 Å². The van der Waals surface area contributed by atoms with Crippen molar-refractivity contribution in [2.45, 2.75) is 51.5 Å². The fourth-order valence-electron chi connectivity index (χ4n) is 3.06. The largest absolute Gasteiger partial charge is 0.352 e. The summed E-state index contributed by atoms with van der Waals surface area (Å²) in [4.78, 5) is 12.5. The summed E-state index contributed by atoms with van der Waals surface area (Å²) in [6.45, 7) is 4.11. The van der Waals surface area contributed by atoms with E-state index in [1.165, 1.54) is 25.7 Å². The predicted molar refractivity (Wildman–Crippen MR) is 67.6 cm³/mol. The summed E-state index contributed by atoms with van der Waals surface area (Å²) in [5.41, 5.74) is -0.118. The molecule has 2 aliphatic carbocycles. The number of rotatable bonds is 4. The molecule has 0 bridgehead atoms. The van der Waals surface area contributed by atoms with Gasteiger partial charge in [-0.15, -0.1) is 0 Å². The van der Waals surface area contributed by atoms with Crippen LogP contribution in [0.1, 0.15) is 45.4 Å². The average Bonchev–Trinajstić information content (AvgIpc) is 3.17. The van der Waals surface area contributed by atoms with Crippen molar-refractivity contribution in [2.75, 3.05) is 13.1 Å². The monoisotopic (exact) mass is 236 g/mol. The lowest BCUT2D eigenvalue weighted by Crippen LogP contribution is -2.50. The third-order valence-electron chi connectivity index (χ3n) is 4.81. The number of amides is 1. The van der Waals surface area contributed by atoms with E-state index in [2.05, 4.69) is 17.6 Å². The molecule has 1 saturated heterocycles.